The number of ether oxygens (including phenoxy) is 2. The zero-order valence-electron chi connectivity index (χ0n) is 20.3. The first-order valence-electron chi connectivity index (χ1n) is 11.9. The number of nitrogens with two attached hydrogens (primary N) is 2. The number of hydrogen-bond acceptors (Lipinski definition) is 6. The smallest absolute Gasteiger partial charge is 0.197 e. The van der Waals surface area contributed by atoms with E-state index in [2.05, 4.69) is 0 Å². The first-order chi connectivity index (χ1) is 18.5. The molecule has 0 aliphatic carbocycles. The second kappa shape index (κ2) is 10.7. The van der Waals surface area contributed by atoms with Gasteiger partial charge in [0.15, 0.2) is 11.6 Å². The minimum atomic E-state index is -0.345. The number of rotatable bonds is 8. The van der Waals surface area contributed by atoms with Crippen molar-refractivity contribution in [2.45, 2.75) is 0 Å². The normalized spacial score (nSPS) is 10.5. The fourth-order valence-electron chi connectivity index (χ4n) is 4.07. The molecule has 0 aromatic heterocycles. The van der Waals surface area contributed by atoms with Crippen molar-refractivity contribution in [2.75, 3.05) is 11.5 Å². The van der Waals surface area contributed by atoms with E-state index in [1.165, 1.54) is 0 Å². The lowest BCUT2D eigenvalue weighted by molar-refractivity contribution is 0.100. The molecule has 0 fully saturated rings. The van der Waals surface area contributed by atoms with Crippen molar-refractivity contribution in [3.63, 3.8) is 0 Å². The summed E-state index contributed by atoms with van der Waals surface area (Å²) in [6.07, 6.45) is 0. The van der Waals surface area contributed by atoms with E-state index in [1.54, 1.807) is 121 Å². The fraction of sp³-hybridized carbons (Fsp3) is 0. The topological polar surface area (TPSA) is 105 Å². The number of carbonyl (C=O) groups excluding carboxylic acids is 2. The molecule has 0 radical (unpaired) electrons. The number of para-hydroxylation sites is 2. The number of nitrogen functional groups attached to an aromatic ring is 2. The van der Waals surface area contributed by atoms with Gasteiger partial charge in [0, 0.05) is 34.6 Å². The van der Waals surface area contributed by atoms with E-state index in [9.17, 15) is 9.59 Å². The summed E-state index contributed by atoms with van der Waals surface area (Å²) in [6, 6.07) is 34.4. The minimum absolute atomic E-state index is 0.250. The number of ketones is 2. The van der Waals surface area contributed by atoms with Crippen LogP contribution in [0.1, 0.15) is 31.8 Å². The van der Waals surface area contributed by atoms with Gasteiger partial charge in [0.05, 0.1) is 11.1 Å². The third-order valence-corrected chi connectivity index (χ3v) is 5.85. The van der Waals surface area contributed by atoms with Crippen molar-refractivity contribution in [3.05, 3.63) is 144 Å². The molecule has 5 aromatic carbocycles. The Morgan fingerprint density at radius 3 is 1.21 bits per heavy atom. The summed E-state index contributed by atoms with van der Waals surface area (Å²) in [5.41, 5.74) is 14.0. The molecule has 0 saturated carbocycles. The van der Waals surface area contributed by atoms with Crippen LogP contribution in [0.25, 0.3) is 0 Å². The molecule has 0 atom stereocenters. The summed E-state index contributed by atoms with van der Waals surface area (Å²) in [5.74, 6) is 1.03. The third kappa shape index (κ3) is 5.24. The van der Waals surface area contributed by atoms with Crippen LogP contribution in [-0.2, 0) is 0 Å². The molecule has 0 bridgehead atoms. The molecular weight excluding hydrogens is 476 g/mol. The van der Waals surface area contributed by atoms with Gasteiger partial charge in [-0.1, -0.05) is 60.7 Å². The molecule has 0 aliphatic heterocycles. The average molecular weight is 501 g/mol. The van der Waals surface area contributed by atoms with Gasteiger partial charge in [-0.25, -0.2) is 0 Å². The van der Waals surface area contributed by atoms with Crippen LogP contribution in [0.3, 0.4) is 0 Å². The molecule has 0 saturated heterocycles. The van der Waals surface area contributed by atoms with Crippen LogP contribution in [0, 0.1) is 0 Å². The zero-order chi connectivity index (χ0) is 26.5. The van der Waals surface area contributed by atoms with Gasteiger partial charge >= 0.3 is 0 Å². The van der Waals surface area contributed by atoms with Crippen molar-refractivity contribution in [2.24, 2.45) is 0 Å². The van der Waals surface area contributed by atoms with Crippen molar-refractivity contribution in [1.29, 1.82) is 0 Å². The van der Waals surface area contributed by atoms with E-state index in [-0.39, 0.29) is 22.7 Å². The van der Waals surface area contributed by atoms with Crippen LogP contribution in [0.15, 0.2) is 121 Å². The molecule has 0 amide bonds. The second-order valence-corrected chi connectivity index (χ2v) is 8.55. The summed E-state index contributed by atoms with van der Waals surface area (Å²) in [7, 11) is 0. The number of hydrogen-bond donors (Lipinski definition) is 2. The van der Waals surface area contributed by atoms with Gasteiger partial charge in [0.2, 0.25) is 0 Å². The highest BCUT2D eigenvalue weighted by Gasteiger charge is 2.24. The summed E-state index contributed by atoms with van der Waals surface area (Å²) in [6.45, 7) is 0. The summed E-state index contributed by atoms with van der Waals surface area (Å²) < 4.78 is 12.0. The lowest BCUT2D eigenvalue weighted by Crippen LogP contribution is -2.12. The Bertz CT molecular complexity index is 1520. The van der Waals surface area contributed by atoms with Crippen LogP contribution in [-0.4, -0.2) is 11.6 Å². The van der Waals surface area contributed by atoms with E-state index in [0.29, 0.717) is 45.5 Å². The Morgan fingerprint density at radius 2 is 0.816 bits per heavy atom. The molecule has 6 nitrogen and oxygen atoms in total. The van der Waals surface area contributed by atoms with Crippen LogP contribution in [0.4, 0.5) is 11.4 Å². The maximum atomic E-state index is 13.8. The maximum Gasteiger partial charge on any atom is 0.197 e. The highest BCUT2D eigenvalue weighted by molar-refractivity contribution is 6.21. The van der Waals surface area contributed by atoms with E-state index < -0.39 is 0 Å². The Balaban J connectivity index is 1.50. The monoisotopic (exact) mass is 500 g/mol. The van der Waals surface area contributed by atoms with E-state index >= 15 is 0 Å². The molecule has 0 unspecified atom stereocenters. The molecule has 0 spiro atoms. The van der Waals surface area contributed by atoms with E-state index in [0.717, 1.165) is 0 Å². The number of anilines is 2. The van der Waals surface area contributed by atoms with Crippen LogP contribution in [0.5, 0.6) is 23.0 Å². The molecular formula is C32H24N2O4. The van der Waals surface area contributed by atoms with Crippen LogP contribution >= 0.6 is 0 Å². The Morgan fingerprint density at radius 1 is 0.447 bits per heavy atom. The summed E-state index contributed by atoms with van der Waals surface area (Å²) in [5, 5.41) is 0. The molecule has 38 heavy (non-hydrogen) atoms. The molecule has 0 heterocycles. The quantitative estimate of drug-likeness (QED) is 0.177. The Kier molecular flexibility index (Phi) is 6.87. The maximum absolute atomic E-state index is 13.8. The minimum Gasteiger partial charge on any atom is -0.457 e. The zero-order valence-corrected chi connectivity index (χ0v) is 20.3. The van der Waals surface area contributed by atoms with Gasteiger partial charge in [0.25, 0.3) is 0 Å². The molecule has 6 heteroatoms. The van der Waals surface area contributed by atoms with E-state index in [1.807, 2.05) is 0 Å². The summed E-state index contributed by atoms with van der Waals surface area (Å²) >= 11 is 0. The predicted octanol–water partition coefficient (Wildman–Crippen LogP) is 6.90. The van der Waals surface area contributed by atoms with Crippen molar-refractivity contribution in [1.82, 2.24) is 0 Å². The molecule has 5 aromatic rings. The van der Waals surface area contributed by atoms with Gasteiger partial charge in [0.1, 0.15) is 23.0 Å². The van der Waals surface area contributed by atoms with Gasteiger partial charge in [-0.05, 0) is 48.5 Å². The van der Waals surface area contributed by atoms with Gasteiger partial charge < -0.3 is 20.9 Å². The first kappa shape index (κ1) is 24.3. The van der Waals surface area contributed by atoms with Gasteiger partial charge in [-0.15, -0.1) is 0 Å². The largest absolute Gasteiger partial charge is 0.457 e. The standard InChI is InChI=1S/C32H24N2O4/c33-21-9-7-11-23(19-21)37-29-17-5-3-15-27(29)31(35)25-13-1-2-14-26(25)32(36)28-16-4-6-18-30(28)38-24-12-8-10-22(34)20-24/h1-20H,33-34H2. The van der Waals surface area contributed by atoms with Crippen molar-refractivity contribution >= 4 is 22.9 Å². The lowest BCUT2D eigenvalue weighted by atomic mass is 9.92. The number of carbonyl (C=O) groups is 2. The molecule has 4 N–H and O–H groups in total. The third-order valence-electron chi connectivity index (χ3n) is 5.85. The van der Waals surface area contributed by atoms with Crippen molar-refractivity contribution in [3.8, 4) is 23.0 Å². The van der Waals surface area contributed by atoms with E-state index in [4.69, 9.17) is 20.9 Å². The Hall–Kier alpha value is -5.36. The Labute approximate surface area is 220 Å². The average Bonchev–Trinajstić information content (AvgIpc) is 2.93. The molecule has 0 aliphatic rings. The molecule has 5 rings (SSSR count). The lowest BCUT2D eigenvalue weighted by Gasteiger charge is -2.14. The predicted molar refractivity (Wildman–Crippen MR) is 148 cm³/mol. The molecule has 186 valence electrons. The van der Waals surface area contributed by atoms with Crippen molar-refractivity contribution < 1.29 is 19.1 Å². The second-order valence-electron chi connectivity index (χ2n) is 8.55. The highest BCUT2D eigenvalue weighted by Crippen LogP contribution is 2.32. The summed E-state index contributed by atoms with van der Waals surface area (Å²) in [4.78, 5) is 27.6. The fourth-order valence-corrected chi connectivity index (χ4v) is 4.07. The van der Waals surface area contributed by atoms with Crippen LogP contribution in [0.2, 0.25) is 0 Å². The first-order valence-corrected chi connectivity index (χ1v) is 11.9. The van der Waals surface area contributed by atoms with Gasteiger partial charge in [-0.2, -0.15) is 0 Å². The van der Waals surface area contributed by atoms with Gasteiger partial charge in [-0.3, -0.25) is 9.59 Å². The highest BCUT2D eigenvalue weighted by atomic mass is 16.5. The van der Waals surface area contributed by atoms with Crippen LogP contribution < -0.4 is 20.9 Å². The number of benzene rings is 5. The SMILES string of the molecule is Nc1cccc(Oc2ccccc2C(=O)c2ccccc2C(=O)c2ccccc2Oc2cccc(N)c2)c1.